The number of rotatable bonds is 3. The molecule has 0 saturated heterocycles. The molecule has 3 aromatic rings. The maximum atomic E-state index is 5.40. The largest absolute Gasteiger partial charge is 0.479 e. The van der Waals surface area contributed by atoms with E-state index < -0.39 is 0 Å². The minimum absolute atomic E-state index is 0.668. The molecule has 3 nitrogen and oxygen atoms in total. The Bertz CT molecular complexity index is 793. The van der Waals surface area contributed by atoms with Gasteiger partial charge in [0.1, 0.15) is 0 Å². The van der Waals surface area contributed by atoms with Crippen molar-refractivity contribution in [1.29, 1.82) is 0 Å². The third-order valence-corrected chi connectivity index (χ3v) is 5.04. The first-order valence-electron chi connectivity index (χ1n) is 6.54. The van der Waals surface area contributed by atoms with Crippen LogP contribution in [0.1, 0.15) is 11.1 Å². The van der Waals surface area contributed by atoms with Gasteiger partial charge in [-0.3, -0.25) is 4.68 Å². The molecule has 21 heavy (non-hydrogen) atoms. The van der Waals surface area contributed by atoms with Crippen LogP contribution in [-0.4, -0.2) is 16.9 Å². The number of hydrogen-bond donors (Lipinski definition) is 0. The second-order valence-corrected chi connectivity index (χ2v) is 6.94. The highest BCUT2D eigenvalue weighted by Crippen LogP contribution is 2.29. The smallest absolute Gasteiger partial charge is 0.240 e. The molecule has 0 amide bonds. The van der Waals surface area contributed by atoms with Gasteiger partial charge in [0.05, 0.1) is 24.6 Å². The van der Waals surface area contributed by atoms with Crippen molar-refractivity contribution < 1.29 is 4.74 Å². The number of hydrogen-bond acceptors (Lipinski definition) is 2. The van der Waals surface area contributed by atoms with E-state index in [2.05, 4.69) is 74.8 Å². The monoisotopic (exact) mass is 456 g/mol. The molecule has 0 unspecified atom stereocenters. The summed E-state index contributed by atoms with van der Waals surface area (Å²) in [7, 11) is 1.66. The van der Waals surface area contributed by atoms with Crippen molar-refractivity contribution in [3.05, 3.63) is 55.6 Å². The van der Waals surface area contributed by atoms with Crippen LogP contribution in [0.4, 0.5) is 0 Å². The number of nitrogens with zero attached hydrogens (tertiary/aromatic N) is 2. The highest BCUT2D eigenvalue weighted by atomic mass is 127. The fraction of sp³-hybridized carbons (Fsp3) is 0.188. The lowest BCUT2D eigenvalue weighted by Crippen LogP contribution is -2.05. The number of aryl methyl sites for hydroxylation is 1. The van der Waals surface area contributed by atoms with Crippen LogP contribution in [-0.2, 0) is 6.54 Å². The van der Waals surface area contributed by atoms with Crippen molar-refractivity contribution in [3.8, 4) is 5.88 Å². The normalized spacial score (nSPS) is 11.0. The molecule has 0 saturated carbocycles. The lowest BCUT2D eigenvalue weighted by molar-refractivity contribution is 0.394. The number of methoxy groups -OCH3 is 1. The molecule has 2 aromatic carbocycles. The van der Waals surface area contributed by atoms with Gasteiger partial charge in [-0.25, -0.2) is 0 Å². The first-order chi connectivity index (χ1) is 10.1. The molecule has 0 fully saturated rings. The number of aromatic nitrogens is 2. The van der Waals surface area contributed by atoms with E-state index in [1.54, 1.807) is 7.11 Å². The summed E-state index contributed by atoms with van der Waals surface area (Å²) in [4.78, 5) is 0. The van der Waals surface area contributed by atoms with Gasteiger partial charge in [0.25, 0.3) is 0 Å². The van der Waals surface area contributed by atoms with Gasteiger partial charge < -0.3 is 4.74 Å². The number of halogens is 2. The van der Waals surface area contributed by atoms with Crippen molar-refractivity contribution in [3.63, 3.8) is 0 Å². The zero-order chi connectivity index (χ0) is 15.0. The van der Waals surface area contributed by atoms with E-state index in [0.29, 0.717) is 5.88 Å². The molecule has 0 N–H and O–H groups in total. The summed E-state index contributed by atoms with van der Waals surface area (Å²) >= 11 is 5.91. The topological polar surface area (TPSA) is 27.1 Å². The predicted molar refractivity (Wildman–Crippen MR) is 97.0 cm³/mol. The van der Waals surface area contributed by atoms with Crippen LogP contribution in [0.5, 0.6) is 5.88 Å². The number of ether oxygens (including phenoxy) is 1. The summed E-state index contributed by atoms with van der Waals surface area (Å²) < 4.78 is 9.70. The second-order valence-electron chi connectivity index (χ2n) is 4.86. The van der Waals surface area contributed by atoms with Gasteiger partial charge in [-0.15, -0.1) is 5.10 Å². The molecule has 0 radical (unpaired) electrons. The van der Waals surface area contributed by atoms with Gasteiger partial charge in [0.15, 0.2) is 0 Å². The molecule has 0 bridgehead atoms. The van der Waals surface area contributed by atoms with Gasteiger partial charge >= 0.3 is 0 Å². The molecular formula is C16H14BrIN2O. The molecule has 1 aromatic heterocycles. The number of benzene rings is 2. The Hall–Kier alpha value is -1.08. The summed E-state index contributed by atoms with van der Waals surface area (Å²) in [5.74, 6) is 0.668. The van der Waals surface area contributed by atoms with E-state index in [1.165, 1.54) is 14.7 Å². The third kappa shape index (κ3) is 2.81. The Morgan fingerprint density at radius 3 is 2.81 bits per heavy atom. The molecule has 0 atom stereocenters. The standard InChI is InChI=1S/C16H14BrIN2O/c1-10-4-3-5-14(18)13(10)9-20-15-8-11(17)6-7-12(15)16(19-20)21-2/h3-8H,9H2,1-2H3. The summed E-state index contributed by atoms with van der Waals surface area (Å²) in [5.41, 5.74) is 3.64. The van der Waals surface area contributed by atoms with E-state index in [1.807, 2.05) is 16.8 Å². The number of fused-ring (bicyclic) bond motifs is 1. The van der Waals surface area contributed by atoms with E-state index in [0.717, 1.165) is 21.9 Å². The fourth-order valence-electron chi connectivity index (χ4n) is 2.40. The molecule has 0 aliphatic rings. The minimum atomic E-state index is 0.668. The van der Waals surface area contributed by atoms with Crippen LogP contribution in [0.25, 0.3) is 10.9 Å². The maximum Gasteiger partial charge on any atom is 0.240 e. The van der Waals surface area contributed by atoms with Crippen LogP contribution in [0.15, 0.2) is 40.9 Å². The zero-order valence-electron chi connectivity index (χ0n) is 11.7. The van der Waals surface area contributed by atoms with Crippen LogP contribution in [0, 0.1) is 10.5 Å². The van der Waals surface area contributed by atoms with Crippen molar-refractivity contribution in [1.82, 2.24) is 9.78 Å². The van der Waals surface area contributed by atoms with Crippen LogP contribution >= 0.6 is 38.5 Å². The fourth-order valence-corrected chi connectivity index (χ4v) is 3.56. The molecule has 1 heterocycles. The van der Waals surface area contributed by atoms with Crippen LogP contribution in [0.2, 0.25) is 0 Å². The van der Waals surface area contributed by atoms with Crippen molar-refractivity contribution in [2.24, 2.45) is 0 Å². The zero-order valence-corrected chi connectivity index (χ0v) is 15.5. The lowest BCUT2D eigenvalue weighted by Gasteiger charge is -2.09. The van der Waals surface area contributed by atoms with Gasteiger partial charge in [0.2, 0.25) is 5.88 Å². The van der Waals surface area contributed by atoms with Crippen LogP contribution in [0.3, 0.4) is 0 Å². The Balaban J connectivity index is 2.14. The van der Waals surface area contributed by atoms with Crippen LogP contribution < -0.4 is 4.74 Å². The molecule has 5 heteroatoms. The van der Waals surface area contributed by atoms with E-state index in [9.17, 15) is 0 Å². The van der Waals surface area contributed by atoms with Gasteiger partial charge in [-0.2, -0.15) is 0 Å². The summed E-state index contributed by atoms with van der Waals surface area (Å²) in [5, 5.41) is 5.63. The molecule has 3 rings (SSSR count). The first kappa shape index (κ1) is 14.8. The Morgan fingerprint density at radius 1 is 1.29 bits per heavy atom. The van der Waals surface area contributed by atoms with Gasteiger partial charge in [0, 0.05) is 8.04 Å². The summed E-state index contributed by atoms with van der Waals surface area (Å²) in [6.07, 6.45) is 0. The highest BCUT2D eigenvalue weighted by molar-refractivity contribution is 14.1. The molecule has 0 aliphatic carbocycles. The van der Waals surface area contributed by atoms with Gasteiger partial charge in [-0.1, -0.05) is 28.1 Å². The van der Waals surface area contributed by atoms with Crippen molar-refractivity contribution in [2.45, 2.75) is 13.5 Å². The molecular weight excluding hydrogens is 443 g/mol. The second kappa shape index (κ2) is 5.96. The molecule has 0 aliphatic heterocycles. The quantitative estimate of drug-likeness (QED) is 0.531. The van der Waals surface area contributed by atoms with E-state index in [4.69, 9.17) is 4.74 Å². The minimum Gasteiger partial charge on any atom is -0.479 e. The van der Waals surface area contributed by atoms with Crippen molar-refractivity contribution in [2.75, 3.05) is 7.11 Å². The Labute approximate surface area is 145 Å². The Morgan fingerprint density at radius 2 is 2.10 bits per heavy atom. The predicted octanol–water partition coefficient (Wildman–Crippen LogP) is 4.77. The SMILES string of the molecule is COc1nn(Cc2c(C)cccc2I)c2cc(Br)ccc12. The van der Waals surface area contributed by atoms with Gasteiger partial charge in [-0.05, 0) is 64.9 Å². The lowest BCUT2D eigenvalue weighted by atomic mass is 10.1. The molecule has 0 spiro atoms. The Kier molecular flexibility index (Phi) is 4.21. The molecule has 108 valence electrons. The highest BCUT2D eigenvalue weighted by Gasteiger charge is 2.13. The average molecular weight is 457 g/mol. The van der Waals surface area contributed by atoms with Crippen molar-refractivity contribution >= 4 is 49.4 Å². The van der Waals surface area contributed by atoms with E-state index in [-0.39, 0.29) is 0 Å². The summed E-state index contributed by atoms with van der Waals surface area (Å²) in [6, 6.07) is 12.5. The summed E-state index contributed by atoms with van der Waals surface area (Å²) in [6.45, 7) is 2.87. The first-order valence-corrected chi connectivity index (χ1v) is 8.41. The third-order valence-electron chi connectivity index (χ3n) is 3.53. The van der Waals surface area contributed by atoms with E-state index >= 15 is 0 Å². The average Bonchev–Trinajstić information content (AvgIpc) is 2.80. The maximum absolute atomic E-state index is 5.40.